The first-order valence-corrected chi connectivity index (χ1v) is 8.55. The maximum atomic E-state index is 12.1. The molecule has 0 unspecified atom stereocenters. The van der Waals surface area contributed by atoms with Crippen molar-refractivity contribution >= 4 is 23.3 Å². The molecule has 0 aliphatic heterocycles. The molecule has 0 amide bonds. The van der Waals surface area contributed by atoms with Crippen LogP contribution in [0.5, 0.6) is 0 Å². The topological polar surface area (TPSA) is 72.2 Å². The van der Waals surface area contributed by atoms with Gasteiger partial charge in [0.15, 0.2) is 0 Å². The molecule has 6 heteroatoms. The van der Waals surface area contributed by atoms with Crippen molar-refractivity contribution < 1.29 is 8.42 Å². The normalized spacial score (nSPS) is 23.6. The average molecular weight is 292 g/mol. The Kier molecular flexibility index (Phi) is 5.24. The molecule has 0 atom stereocenters. The van der Waals surface area contributed by atoms with Gasteiger partial charge in [-0.05, 0) is 56.2 Å². The Balaban J connectivity index is 1.88. The summed E-state index contributed by atoms with van der Waals surface area (Å²) in [5.41, 5.74) is 6.22. The van der Waals surface area contributed by atoms with Gasteiger partial charge in [0.25, 0.3) is 0 Å². The average Bonchev–Trinajstić information content (AvgIpc) is 2.46. The summed E-state index contributed by atoms with van der Waals surface area (Å²) in [4.78, 5) is 0.266. The van der Waals surface area contributed by atoms with E-state index >= 15 is 0 Å². The quantitative estimate of drug-likeness (QED) is 0.777. The Morgan fingerprint density at radius 1 is 1.10 bits per heavy atom. The second kappa shape index (κ2) is 6.74. The lowest BCUT2D eigenvalue weighted by molar-refractivity contribution is 0.280. The summed E-state index contributed by atoms with van der Waals surface area (Å²) in [5, 5.41) is 0. The minimum Gasteiger partial charge on any atom is -0.330 e. The van der Waals surface area contributed by atoms with Gasteiger partial charge in [-0.2, -0.15) is 0 Å². The smallest absolute Gasteiger partial charge is 0.240 e. The summed E-state index contributed by atoms with van der Waals surface area (Å²) >= 11 is 0. The molecule has 2 rings (SSSR count). The molecule has 0 aromatic heterocycles. The van der Waals surface area contributed by atoms with Gasteiger partial charge in [-0.1, -0.05) is 17.6 Å². The van der Waals surface area contributed by atoms with Crippen LogP contribution in [0.4, 0.5) is 0 Å². The van der Waals surface area contributed by atoms with Crippen LogP contribution in [0.25, 0.3) is 0 Å². The van der Waals surface area contributed by atoms with Crippen LogP contribution < -0.4 is 15.9 Å². The van der Waals surface area contributed by atoms with Crippen LogP contribution in [0.15, 0.2) is 29.2 Å². The zero-order chi connectivity index (χ0) is 14.6. The van der Waals surface area contributed by atoms with Gasteiger partial charge in [0, 0.05) is 6.54 Å². The third kappa shape index (κ3) is 4.07. The maximum absolute atomic E-state index is 12.1. The van der Waals surface area contributed by atoms with Gasteiger partial charge >= 0.3 is 0 Å². The summed E-state index contributed by atoms with van der Waals surface area (Å²) in [6.45, 7) is 1.24. The number of nitrogens with two attached hydrogens (primary N) is 1. The van der Waals surface area contributed by atoms with Gasteiger partial charge in [0.1, 0.15) is 7.85 Å². The van der Waals surface area contributed by atoms with E-state index in [4.69, 9.17) is 13.6 Å². The number of sulfonamides is 1. The van der Waals surface area contributed by atoms with Crippen molar-refractivity contribution in [3.05, 3.63) is 24.3 Å². The zero-order valence-corrected chi connectivity index (χ0v) is 12.4. The van der Waals surface area contributed by atoms with E-state index in [0.717, 1.165) is 32.2 Å². The fourth-order valence-electron chi connectivity index (χ4n) is 2.63. The second-order valence-electron chi connectivity index (χ2n) is 5.54. The largest absolute Gasteiger partial charge is 0.330 e. The van der Waals surface area contributed by atoms with E-state index in [1.807, 2.05) is 0 Å². The first-order chi connectivity index (χ1) is 9.51. The SMILES string of the molecule is [B]c1ccc(S(=O)(=O)NCC2CCC(CN)CC2)cc1. The number of rotatable bonds is 5. The molecule has 0 saturated heterocycles. The van der Waals surface area contributed by atoms with Gasteiger partial charge in [-0.15, -0.1) is 0 Å². The molecule has 0 heterocycles. The molecule has 20 heavy (non-hydrogen) atoms. The Morgan fingerprint density at radius 2 is 1.65 bits per heavy atom. The number of benzene rings is 1. The zero-order valence-electron chi connectivity index (χ0n) is 11.6. The fourth-order valence-corrected chi connectivity index (χ4v) is 3.75. The summed E-state index contributed by atoms with van der Waals surface area (Å²) in [7, 11) is 2.14. The van der Waals surface area contributed by atoms with Gasteiger partial charge in [-0.3, -0.25) is 0 Å². The molecule has 1 aromatic carbocycles. The lowest BCUT2D eigenvalue weighted by atomic mass is 9.82. The predicted molar refractivity (Wildman–Crippen MR) is 81.5 cm³/mol. The maximum Gasteiger partial charge on any atom is 0.240 e. The van der Waals surface area contributed by atoms with Crippen molar-refractivity contribution in [2.24, 2.45) is 17.6 Å². The first kappa shape index (κ1) is 15.5. The number of hydrogen-bond acceptors (Lipinski definition) is 3. The molecule has 1 aromatic rings. The van der Waals surface area contributed by atoms with Crippen LogP contribution in [0.2, 0.25) is 0 Å². The molecular formula is C14H21BN2O2S. The monoisotopic (exact) mass is 292 g/mol. The van der Waals surface area contributed by atoms with Crippen LogP contribution in [0.3, 0.4) is 0 Å². The second-order valence-corrected chi connectivity index (χ2v) is 7.31. The number of nitrogens with one attached hydrogen (secondary N) is 1. The van der Waals surface area contributed by atoms with Gasteiger partial charge in [-0.25, -0.2) is 13.1 Å². The summed E-state index contributed by atoms with van der Waals surface area (Å²) in [6, 6.07) is 6.26. The van der Waals surface area contributed by atoms with Crippen LogP contribution in [0.1, 0.15) is 25.7 Å². The highest BCUT2D eigenvalue weighted by molar-refractivity contribution is 7.89. The van der Waals surface area contributed by atoms with Crippen LogP contribution in [-0.4, -0.2) is 29.4 Å². The molecule has 1 fully saturated rings. The summed E-state index contributed by atoms with van der Waals surface area (Å²) < 4.78 is 27.0. The molecule has 1 saturated carbocycles. The van der Waals surface area contributed by atoms with E-state index in [1.54, 1.807) is 12.1 Å². The van der Waals surface area contributed by atoms with Crippen LogP contribution in [-0.2, 0) is 10.0 Å². The molecule has 108 valence electrons. The minimum atomic E-state index is -3.43. The van der Waals surface area contributed by atoms with Crippen molar-refractivity contribution in [3.8, 4) is 0 Å². The van der Waals surface area contributed by atoms with E-state index in [9.17, 15) is 8.42 Å². The van der Waals surface area contributed by atoms with Crippen LogP contribution >= 0.6 is 0 Å². The van der Waals surface area contributed by atoms with E-state index in [2.05, 4.69) is 4.72 Å². The first-order valence-electron chi connectivity index (χ1n) is 7.06. The third-order valence-electron chi connectivity index (χ3n) is 4.05. The standard InChI is InChI=1S/C14H21BN2O2S/c15-13-5-7-14(8-6-13)20(18,19)17-10-12-3-1-11(9-16)2-4-12/h5-8,11-12,17H,1-4,9-10,16H2. The van der Waals surface area contributed by atoms with Crippen molar-refractivity contribution in [2.75, 3.05) is 13.1 Å². The highest BCUT2D eigenvalue weighted by Gasteiger charge is 2.22. The minimum absolute atomic E-state index is 0.266. The van der Waals surface area contributed by atoms with E-state index < -0.39 is 10.0 Å². The molecule has 0 spiro atoms. The molecule has 4 nitrogen and oxygen atoms in total. The van der Waals surface area contributed by atoms with E-state index in [-0.39, 0.29) is 4.90 Å². The van der Waals surface area contributed by atoms with E-state index in [0.29, 0.717) is 23.8 Å². The molecule has 2 radical (unpaired) electrons. The highest BCUT2D eigenvalue weighted by atomic mass is 32.2. The highest BCUT2D eigenvalue weighted by Crippen LogP contribution is 2.27. The van der Waals surface area contributed by atoms with Gasteiger partial charge in [0.05, 0.1) is 4.90 Å². The molecule has 3 N–H and O–H groups in total. The fraction of sp³-hybridized carbons (Fsp3) is 0.571. The Bertz CT molecular complexity index is 523. The van der Waals surface area contributed by atoms with Gasteiger partial charge < -0.3 is 5.73 Å². The molecule has 1 aliphatic carbocycles. The van der Waals surface area contributed by atoms with Crippen molar-refractivity contribution in [2.45, 2.75) is 30.6 Å². The predicted octanol–water partition coefficient (Wildman–Crippen LogP) is 0.524. The summed E-state index contributed by atoms with van der Waals surface area (Å²) in [6.07, 6.45) is 4.30. The van der Waals surface area contributed by atoms with Crippen molar-refractivity contribution in [3.63, 3.8) is 0 Å². The Labute approximate surface area is 122 Å². The molecular weight excluding hydrogens is 271 g/mol. The lowest BCUT2D eigenvalue weighted by Gasteiger charge is -2.27. The molecule has 1 aliphatic rings. The Morgan fingerprint density at radius 3 is 2.20 bits per heavy atom. The van der Waals surface area contributed by atoms with E-state index in [1.165, 1.54) is 12.1 Å². The Hall–Kier alpha value is -0.845. The third-order valence-corrected chi connectivity index (χ3v) is 5.49. The number of hydrogen-bond donors (Lipinski definition) is 2. The lowest BCUT2D eigenvalue weighted by Crippen LogP contribution is -2.32. The van der Waals surface area contributed by atoms with Crippen LogP contribution in [0, 0.1) is 11.8 Å². The van der Waals surface area contributed by atoms with Crippen molar-refractivity contribution in [1.82, 2.24) is 4.72 Å². The van der Waals surface area contributed by atoms with Crippen molar-refractivity contribution in [1.29, 1.82) is 0 Å². The van der Waals surface area contributed by atoms with Gasteiger partial charge in [0.2, 0.25) is 10.0 Å². The molecule has 0 bridgehead atoms. The summed E-state index contributed by atoms with van der Waals surface area (Å²) in [5.74, 6) is 1.03.